The highest BCUT2D eigenvalue weighted by atomic mass is 32.2. The van der Waals surface area contributed by atoms with Crippen LogP contribution in [0.25, 0.3) is 0 Å². The number of halogens is 3. The van der Waals surface area contributed by atoms with Crippen molar-refractivity contribution in [3.05, 3.63) is 29.8 Å². The van der Waals surface area contributed by atoms with Gasteiger partial charge >= 0.3 is 18.1 Å². The van der Waals surface area contributed by atoms with Crippen LogP contribution in [0.4, 0.5) is 13.2 Å². The molecule has 2 saturated carbocycles. The van der Waals surface area contributed by atoms with Crippen LogP contribution in [-0.4, -0.2) is 79.6 Å². The lowest BCUT2D eigenvalue weighted by atomic mass is 9.76. The molecule has 0 amide bonds. The van der Waals surface area contributed by atoms with Gasteiger partial charge in [-0.05, 0) is 80.4 Å². The highest BCUT2D eigenvalue weighted by Crippen LogP contribution is 2.50. The molecule has 2 aliphatic rings. The summed E-state index contributed by atoms with van der Waals surface area (Å²) in [5.41, 5.74) is -1.46. The van der Waals surface area contributed by atoms with Crippen molar-refractivity contribution in [3.63, 3.8) is 0 Å². The van der Waals surface area contributed by atoms with Crippen molar-refractivity contribution in [1.82, 2.24) is 0 Å². The number of carbonyl (C=O) groups excluding carboxylic acids is 3. The van der Waals surface area contributed by atoms with Gasteiger partial charge in [-0.2, -0.15) is 48.5 Å². The molecule has 256 valence electrons. The van der Waals surface area contributed by atoms with Crippen LogP contribution < -0.4 is 4.74 Å². The lowest BCUT2D eigenvalue weighted by Crippen LogP contribution is -2.36. The molecule has 0 saturated heterocycles. The Bertz CT molecular complexity index is 1200. The van der Waals surface area contributed by atoms with Crippen molar-refractivity contribution in [1.29, 1.82) is 0 Å². The van der Waals surface area contributed by atoms with Crippen molar-refractivity contribution < 1.29 is 52.1 Å². The van der Waals surface area contributed by atoms with Crippen LogP contribution in [0.2, 0.25) is 0 Å². The maximum atomic E-state index is 13.5. The lowest BCUT2D eigenvalue weighted by Gasteiger charge is -2.35. The van der Waals surface area contributed by atoms with Crippen LogP contribution in [0.1, 0.15) is 76.2 Å². The fraction of sp³-hybridized carbons (Fsp3) is 0.656. The van der Waals surface area contributed by atoms with Gasteiger partial charge in [-0.25, -0.2) is 0 Å². The second kappa shape index (κ2) is 18.4. The first-order chi connectivity index (χ1) is 21.8. The largest absolute Gasteiger partial charge is 0.490 e. The van der Waals surface area contributed by atoms with Gasteiger partial charge in [-0.15, -0.1) is 0 Å². The third-order valence-electron chi connectivity index (χ3n) is 8.49. The summed E-state index contributed by atoms with van der Waals surface area (Å²) in [4.78, 5) is 59.9. The minimum atomic E-state index is -4.56. The minimum Gasteiger partial charge on any atom is -0.490 e. The zero-order valence-corrected chi connectivity index (χ0v) is 28.0. The zero-order chi connectivity index (χ0) is 33.7. The van der Waals surface area contributed by atoms with Crippen LogP contribution >= 0.6 is 35.3 Å². The molecule has 0 bridgehead atoms. The van der Waals surface area contributed by atoms with E-state index in [2.05, 4.69) is 0 Å². The SMILES string of the molecule is O=C(O)CSCCCCC1(CCCCSCC(=O)O)C(=O)CCC1SCCC(Oc1cccc(C(F)(F)F)c1)C1CCC(=O)C1=O. The van der Waals surface area contributed by atoms with Crippen LogP contribution in [0.3, 0.4) is 0 Å². The molecule has 3 unspecified atom stereocenters. The van der Waals surface area contributed by atoms with Gasteiger partial charge < -0.3 is 14.9 Å². The molecule has 46 heavy (non-hydrogen) atoms. The molecular weight excluding hydrogens is 666 g/mol. The Morgan fingerprint density at radius 2 is 1.54 bits per heavy atom. The molecule has 2 fully saturated rings. The normalized spacial score (nSPS) is 20.3. The van der Waals surface area contributed by atoms with Crippen molar-refractivity contribution in [2.75, 3.05) is 28.8 Å². The summed E-state index contributed by atoms with van der Waals surface area (Å²) in [6.07, 6.45) is 0.752. The zero-order valence-electron chi connectivity index (χ0n) is 25.6. The Kier molecular flexibility index (Phi) is 15.3. The number of hydrogen-bond donors (Lipinski definition) is 2. The molecule has 3 atom stereocenters. The Morgan fingerprint density at radius 1 is 0.913 bits per heavy atom. The molecule has 14 heteroatoms. The number of Topliss-reactive ketones (excluding diaryl/α,β-unsaturated/α-hetero) is 3. The second-order valence-electron chi connectivity index (χ2n) is 11.7. The predicted molar refractivity (Wildman–Crippen MR) is 174 cm³/mol. The summed E-state index contributed by atoms with van der Waals surface area (Å²) in [6.45, 7) is 0. The third kappa shape index (κ3) is 11.5. The van der Waals surface area contributed by atoms with Crippen molar-refractivity contribution in [2.45, 2.75) is 88.2 Å². The number of unbranched alkanes of at least 4 members (excludes halogenated alkanes) is 2. The molecule has 0 spiro atoms. The molecule has 0 heterocycles. The van der Waals surface area contributed by atoms with Gasteiger partial charge in [0.15, 0.2) is 5.78 Å². The van der Waals surface area contributed by atoms with Gasteiger partial charge in [0, 0.05) is 23.5 Å². The summed E-state index contributed by atoms with van der Waals surface area (Å²) in [5, 5.41) is 17.8. The van der Waals surface area contributed by atoms with E-state index < -0.39 is 52.7 Å². The average Bonchev–Trinajstić information content (AvgIpc) is 3.49. The number of ketones is 3. The highest BCUT2D eigenvalue weighted by Gasteiger charge is 2.49. The predicted octanol–water partition coefficient (Wildman–Crippen LogP) is 6.82. The first-order valence-electron chi connectivity index (χ1n) is 15.5. The standard InChI is InChI=1S/C32H41F3O8S3/c33-32(34,35)21-6-5-7-22(18-21)43-25(23-8-9-24(36)30(23)42)12-17-46-27-11-10-26(37)31(27,13-1-3-15-44-19-28(38)39)14-2-4-16-45-20-29(40)41/h5-7,18,23,25,27H,1-4,8-17,19-20H2,(H,38,39)(H,40,41). The number of carboxylic acid groups (broad SMARTS) is 2. The van der Waals surface area contributed by atoms with E-state index in [1.165, 1.54) is 35.7 Å². The molecule has 3 rings (SSSR count). The van der Waals surface area contributed by atoms with Crippen LogP contribution in [0.5, 0.6) is 5.75 Å². The topological polar surface area (TPSA) is 135 Å². The highest BCUT2D eigenvalue weighted by molar-refractivity contribution is 8.00. The molecule has 2 N–H and O–H groups in total. The number of ether oxygens (including phenoxy) is 1. The number of thioether (sulfide) groups is 3. The minimum absolute atomic E-state index is 0.0199. The molecule has 2 aliphatic carbocycles. The summed E-state index contributed by atoms with van der Waals surface area (Å²) in [6, 6.07) is 4.48. The second-order valence-corrected chi connectivity index (χ2v) is 15.2. The van der Waals surface area contributed by atoms with Crippen LogP contribution in [0, 0.1) is 11.3 Å². The van der Waals surface area contributed by atoms with E-state index in [4.69, 9.17) is 14.9 Å². The third-order valence-corrected chi connectivity index (χ3v) is 12.1. The van der Waals surface area contributed by atoms with E-state index in [0.717, 1.165) is 37.8 Å². The number of carboxylic acids is 2. The van der Waals surface area contributed by atoms with Gasteiger partial charge in [-0.3, -0.25) is 24.0 Å². The van der Waals surface area contributed by atoms with Crippen molar-refractivity contribution >= 4 is 64.6 Å². The smallest absolute Gasteiger partial charge is 0.416 e. The molecular formula is C32H41F3O8S3. The molecule has 1 aromatic rings. The molecule has 0 aliphatic heterocycles. The molecule has 0 radical (unpaired) electrons. The van der Waals surface area contributed by atoms with E-state index in [9.17, 15) is 37.1 Å². The Balaban J connectivity index is 1.69. The number of carbonyl (C=O) groups is 5. The van der Waals surface area contributed by atoms with Crippen molar-refractivity contribution in [3.8, 4) is 5.75 Å². The van der Waals surface area contributed by atoms with Gasteiger partial charge in [0.05, 0.1) is 23.0 Å². The fourth-order valence-corrected chi connectivity index (χ4v) is 9.31. The molecule has 1 aromatic carbocycles. The van der Waals surface area contributed by atoms with Gasteiger partial charge in [0.1, 0.15) is 17.6 Å². The van der Waals surface area contributed by atoms with Gasteiger partial charge in [0.25, 0.3) is 0 Å². The Morgan fingerprint density at radius 3 is 2.09 bits per heavy atom. The van der Waals surface area contributed by atoms with E-state index >= 15 is 0 Å². The Hall–Kier alpha value is -2.19. The fourth-order valence-electron chi connectivity index (χ4n) is 6.24. The summed E-state index contributed by atoms with van der Waals surface area (Å²) in [5.74, 6) is -1.52. The Labute approximate surface area is 279 Å². The monoisotopic (exact) mass is 706 g/mol. The molecule has 8 nitrogen and oxygen atoms in total. The van der Waals surface area contributed by atoms with Gasteiger partial charge in [-0.1, -0.05) is 18.9 Å². The average molecular weight is 707 g/mol. The summed E-state index contributed by atoms with van der Waals surface area (Å²) < 4.78 is 46.0. The maximum Gasteiger partial charge on any atom is 0.416 e. The van der Waals surface area contributed by atoms with Crippen molar-refractivity contribution in [2.24, 2.45) is 11.3 Å². The molecule has 0 aromatic heterocycles. The number of hydrogen-bond acceptors (Lipinski definition) is 9. The van der Waals surface area contributed by atoms with E-state index in [0.29, 0.717) is 49.4 Å². The number of benzene rings is 1. The maximum absolute atomic E-state index is 13.5. The first kappa shape index (κ1) is 38.3. The van der Waals surface area contributed by atoms with Crippen LogP contribution in [-0.2, 0) is 30.1 Å². The summed E-state index contributed by atoms with van der Waals surface area (Å²) >= 11 is 4.28. The number of aliphatic carboxylic acids is 2. The summed E-state index contributed by atoms with van der Waals surface area (Å²) in [7, 11) is 0. The quantitative estimate of drug-likeness (QED) is 0.103. The van der Waals surface area contributed by atoms with E-state index in [1.54, 1.807) is 11.8 Å². The first-order valence-corrected chi connectivity index (χ1v) is 18.8. The van der Waals surface area contributed by atoms with E-state index in [-0.39, 0.29) is 41.1 Å². The van der Waals surface area contributed by atoms with E-state index in [1.807, 2.05) is 0 Å². The van der Waals surface area contributed by atoms with Gasteiger partial charge in [0.2, 0.25) is 5.78 Å². The number of alkyl halides is 3. The van der Waals surface area contributed by atoms with Crippen LogP contribution in [0.15, 0.2) is 24.3 Å². The lowest BCUT2D eigenvalue weighted by molar-refractivity contribution is -0.138. The number of rotatable bonds is 21.